The van der Waals surface area contributed by atoms with Gasteiger partial charge in [0.1, 0.15) is 0 Å². The van der Waals surface area contributed by atoms with Crippen molar-refractivity contribution in [1.29, 1.82) is 0 Å². The third-order valence-electron chi connectivity index (χ3n) is 0.837. The number of hydrogen-bond acceptors (Lipinski definition) is 4. The average molecular weight is 189 g/mol. The van der Waals surface area contributed by atoms with E-state index in [2.05, 4.69) is 9.71 Å². The van der Waals surface area contributed by atoms with Crippen molar-refractivity contribution < 1.29 is 4.79 Å². The van der Waals surface area contributed by atoms with Crippen LogP contribution in [0.15, 0.2) is 9.72 Å². The molecule has 0 aliphatic rings. The van der Waals surface area contributed by atoms with E-state index in [9.17, 15) is 4.79 Å². The molecule has 1 aromatic rings. The summed E-state index contributed by atoms with van der Waals surface area (Å²) < 4.78 is 3.17. The number of hydrogen-bond donors (Lipinski definition) is 2. The predicted octanol–water partition coefficient (Wildman–Crippen LogP) is 1.13. The van der Waals surface area contributed by atoms with Crippen LogP contribution in [0.4, 0.5) is 4.79 Å². The van der Waals surface area contributed by atoms with Crippen molar-refractivity contribution in [1.82, 2.24) is 9.71 Å². The van der Waals surface area contributed by atoms with Gasteiger partial charge in [-0.2, -0.15) is 0 Å². The Bertz CT molecular complexity index is 260. The lowest BCUT2D eigenvalue weighted by atomic mass is 10.6. The third-order valence-corrected chi connectivity index (χ3v) is 2.70. The normalized spacial score (nSPS) is 9.55. The van der Waals surface area contributed by atoms with Gasteiger partial charge in [-0.05, 0) is 6.92 Å². The molecule has 0 fully saturated rings. The zero-order valence-corrected chi connectivity index (χ0v) is 7.46. The van der Waals surface area contributed by atoms with Crippen molar-refractivity contribution in [3.8, 4) is 0 Å². The Labute approximate surface area is 72.3 Å². The number of nitrogens with two attached hydrogens (primary N) is 1. The smallest absolute Gasteiger partial charge is 0.322 e. The first-order valence-corrected chi connectivity index (χ1v) is 4.52. The third kappa shape index (κ3) is 2.77. The molecule has 0 bridgehead atoms. The summed E-state index contributed by atoms with van der Waals surface area (Å²) in [5.41, 5.74) is 5.80. The fourth-order valence-electron chi connectivity index (χ4n) is 0.473. The Kier molecular flexibility index (Phi) is 2.72. The molecule has 0 aliphatic carbocycles. The number of aromatic nitrogens is 1. The van der Waals surface area contributed by atoms with E-state index in [-0.39, 0.29) is 0 Å². The molecule has 2 amide bonds. The Morgan fingerprint density at radius 2 is 2.64 bits per heavy atom. The van der Waals surface area contributed by atoms with Gasteiger partial charge in [-0.15, -0.1) is 11.3 Å². The number of carbonyl (C=O) groups is 1. The maximum atomic E-state index is 10.2. The van der Waals surface area contributed by atoms with Gasteiger partial charge >= 0.3 is 6.03 Å². The average Bonchev–Trinajstić information content (AvgIpc) is 2.31. The fraction of sp³-hybridized carbons (Fsp3) is 0.200. The van der Waals surface area contributed by atoms with Gasteiger partial charge in [0, 0.05) is 23.0 Å². The summed E-state index contributed by atoms with van der Waals surface area (Å²) in [5, 5.41) is 1.91. The maximum Gasteiger partial charge on any atom is 0.322 e. The van der Waals surface area contributed by atoms with Crippen LogP contribution in [0.5, 0.6) is 0 Å². The highest BCUT2D eigenvalue weighted by Crippen LogP contribution is 2.18. The molecule has 0 unspecified atom stereocenters. The lowest BCUT2D eigenvalue weighted by Crippen LogP contribution is -2.22. The van der Waals surface area contributed by atoms with E-state index in [1.807, 2.05) is 12.3 Å². The SMILES string of the molecule is Cc1csc(SNC(N)=O)n1. The maximum absolute atomic E-state index is 10.2. The van der Waals surface area contributed by atoms with Gasteiger partial charge < -0.3 is 5.73 Å². The lowest BCUT2D eigenvalue weighted by molar-refractivity contribution is 0.254. The number of carbonyl (C=O) groups excluding carboxylic acids is 1. The van der Waals surface area contributed by atoms with Gasteiger partial charge in [-0.3, -0.25) is 4.72 Å². The molecule has 3 N–H and O–H groups in total. The summed E-state index contributed by atoms with van der Waals surface area (Å²) >= 11 is 2.61. The van der Waals surface area contributed by atoms with E-state index in [1.165, 1.54) is 11.3 Å². The van der Waals surface area contributed by atoms with Crippen LogP contribution < -0.4 is 10.5 Å². The van der Waals surface area contributed by atoms with Gasteiger partial charge in [-0.1, -0.05) is 0 Å². The van der Waals surface area contributed by atoms with Crippen LogP contribution >= 0.6 is 23.3 Å². The standard InChI is InChI=1S/C5H7N3OS2/c1-3-2-10-5(7-3)11-8-4(6)9/h2H,1H3,(H3,6,8,9). The molecular formula is C5H7N3OS2. The first-order chi connectivity index (χ1) is 5.18. The molecule has 60 valence electrons. The number of nitrogens with zero attached hydrogens (tertiary/aromatic N) is 1. The Balaban J connectivity index is 2.45. The number of aryl methyl sites for hydroxylation is 1. The zero-order valence-electron chi connectivity index (χ0n) is 5.83. The minimum Gasteiger partial charge on any atom is -0.351 e. The van der Waals surface area contributed by atoms with Gasteiger partial charge in [0.2, 0.25) is 0 Å². The number of rotatable bonds is 2. The second kappa shape index (κ2) is 3.59. The summed E-state index contributed by atoms with van der Waals surface area (Å²) in [4.78, 5) is 14.3. The predicted molar refractivity (Wildman–Crippen MR) is 45.4 cm³/mol. The lowest BCUT2D eigenvalue weighted by Gasteiger charge is -1.93. The largest absolute Gasteiger partial charge is 0.351 e. The van der Waals surface area contributed by atoms with Crippen LogP contribution in [0.1, 0.15) is 5.69 Å². The van der Waals surface area contributed by atoms with Gasteiger partial charge in [0.25, 0.3) is 0 Å². The van der Waals surface area contributed by atoms with Gasteiger partial charge in [-0.25, -0.2) is 9.78 Å². The highest BCUT2D eigenvalue weighted by Gasteiger charge is 1.99. The topological polar surface area (TPSA) is 68.0 Å². The van der Waals surface area contributed by atoms with Crippen molar-refractivity contribution in [2.75, 3.05) is 0 Å². The number of primary amides is 1. The van der Waals surface area contributed by atoms with Crippen LogP contribution in [-0.2, 0) is 0 Å². The Morgan fingerprint density at radius 1 is 1.91 bits per heavy atom. The minimum atomic E-state index is -0.553. The summed E-state index contributed by atoms with van der Waals surface area (Å²) in [6.45, 7) is 1.89. The number of thiazole rings is 1. The number of amides is 2. The van der Waals surface area contributed by atoms with Crippen molar-refractivity contribution >= 4 is 29.3 Å². The van der Waals surface area contributed by atoms with Gasteiger partial charge in [0.15, 0.2) is 4.34 Å². The first-order valence-electron chi connectivity index (χ1n) is 2.83. The molecule has 0 spiro atoms. The van der Waals surface area contributed by atoms with Crippen LogP contribution in [0, 0.1) is 6.92 Å². The van der Waals surface area contributed by atoms with E-state index < -0.39 is 6.03 Å². The minimum absolute atomic E-state index is 0.553. The summed E-state index contributed by atoms with van der Waals surface area (Å²) in [6.07, 6.45) is 0. The highest BCUT2D eigenvalue weighted by molar-refractivity contribution is 7.99. The van der Waals surface area contributed by atoms with Crippen molar-refractivity contribution in [2.45, 2.75) is 11.3 Å². The van der Waals surface area contributed by atoms with Crippen LogP contribution in [0.2, 0.25) is 0 Å². The van der Waals surface area contributed by atoms with Crippen molar-refractivity contribution in [3.63, 3.8) is 0 Å². The van der Waals surface area contributed by atoms with Gasteiger partial charge in [0.05, 0.1) is 0 Å². The van der Waals surface area contributed by atoms with Crippen LogP contribution in [0.3, 0.4) is 0 Å². The fourth-order valence-corrected chi connectivity index (χ4v) is 1.83. The molecule has 0 aromatic carbocycles. The van der Waals surface area contributed by atoms with Crippen LogP contribution in [-0.4, -0.2) is 11.0 Å². The summed E-state index contributed by atoms with van der Waals surface area (Å²) in [7, 11) is 0. The summed E-state index contributed by atoms with van der Waals surface area (Å²) in [6, 6.07) is -0.553. The molecule has 0 saturated carbocycles. The Morgan fingerprint density at radius 3 is 3.09 bits per heavy atom. The van der Waals surface area contributed by atoms with E-state index in [1.54, 1.807) is 0 Å². The molecular weight excluding hydrogens is 182 g/mol. The van der Waals surface area contributed by atoms with Crippen molar-refractivity contribution in [2.24, 2.45) is 5.73 Å². The molecule has 0 radical (unpaired) electrons. The molecule has 4 nitrogen and oxygen atoms in total. The monoisotopic (exact) mass is 189 g/mol. The van der Waals surface area contributed by atoms with E-state index in [0.29, 0.717) is 0 Å². The quantitative estimate of drug-likeness (QED) is 0.685. The van der Waals surface area contributed by atoms with Crippen LogP contribution in [0.25, 0.3) is 0 Å². The Hall–Kier alpha value is -0.750. The second-order valence-corrected chi connectivity index (χ2v) is 3.73. The highest BCUT2D eigenvalue weighted by atomic mass is 32.2. The molecule has 1 rings (SSSR count). The van der Waals surface area contributed by atoms with Crippen molar-refractivity contribution in [3.05, 3.63) is 11.1 Å². The molecule has 0 aliphatic heterocycles. The number of urea groups is 1. The molecule has 0 atom stereocenters. The molecule has 0 saturated heterocycles. The van der Waals surface area contributed by atoms with E-state index in [4.69, 9.17) is 5.73 Å². The second-order valence-electron chi connectivity index (χ2n) is 1.82. The molecule has 1 heterocycles. The number of nitrogens with one attached hydrogen (secondary N) is 1. The molecule has 11 heavy (non-hydrogen) atoms. The van der Waals surface area contributed by atoms with E-state index >= 15 is 0 Å². The first kappa shape index (κ1) is 8.35. The summed E-state index contributed by atoms with van der Waals surface area (Å²) in [5.74, 6) is 0. The molecule has 1 aromatic heterocycles. The van der Waals surface area contributed by atoms with E-state index in [0.717, 1.165) is 22.0 Å². The zero-order chi connectivity index (χ0) is 8.27. The molecule has 6 heteroatoms.